The molecular formula is C16H23BrN2O. The SMILES string of the molecule is CC(C)(CNC(=O)C1CCNCC1)c1ccc(Br)cc1. The first-order chi connectivity index (χ1) is 9.49. The predicted molar refractivity (Wildman–Crippen MR) is 85.8 cm³/mol. The van der Waals surface area contributed by atoms with Crippen LogP contribution in [0.2, 0.25) is 0 Å². The highest BCUT2D eigenvalue weighted by Gasteiger charge is 2.25. The Morgan fingerprint density at radius 2 is 1.90 bits per heavy atom. The van der Waals surface area contributed by atoms with Gasteiger partial charge in [0.1, 0.15) is 0 Å². The fraction of sp³-hybridized carbons (Fsp3) is 0.562. The predicted octanol–water partition coefficient (Wildman–Crippen LogP) is 2.84. The molecule has 1 amide bonds. The van der Waals surface area contributed by atoms with Crippen LogP contribution in [0.15, 0.2) is 28.7 Å². The number of benzene rings is 1. The molecule has 1 saturated heterocycles. The van der Waals surface area contributed by atoms with Gasteiger partial charge in [-0.15, -0.1) is 0 Å². The lowest BCUT2D eigenvalue weighted by Crippen LogP contribution is -2.42. The lowest BCUT2D eigenvalue weighted by atomic mass is 9.84. The van der Waals surface area contributed by atoms with E-state index < -0.39 is 0 Å². The zero-order chi connectivity index (χ0) is 14.6. The summed E-state index contributed by atoms with van der Waals surface area (Å²) < 4.78 is 1.08. The number of halogens is 1. The fourth-order valence-electron chi connectivity index (χ4n) is 2.54. The van der Waals surface area contributed by atoms with Gasteiger partial charge in [0.15, 0.2) is 0 Å². The largest absolute Gasteiger partial charge is 0.355 e. The molecule has 4 heteroatoms. The van der Waals surface area contributed by atoms with E-state index in [2.05, 4.69) is 52.5 Å². The third-order valence-electron chi connectivity index (χ3n) is 4.04. The number of nitrogens with one attached hydrogen (secondary N) is 2. The van der Waals surface area contributed by atoms with E-state index in [-0.39, 0.29) is 17.2 Å². The number of hydrogen-bond acceptors (Lipinski definition) is 2. The van der Waals surface area contributed by atoms with Gasteiger partial charge in [0, 0.05) is 22.4 Å². The molecule has 0 atom stereocenters. The molecule has 1 aliphatic heterocycles. The topological polar surface area (TPSA) is 41.1 Å². The van der Waals surface area contributed by atoms with Crippen LogP contribution in [0.25, 0.3) is 0 Å². The number of hydrogen-bond donors (Lipinski definition) is 2. The summed E-state index contributed by atoms with van der Waals surface area (Å²) in [6, 6.07) is 8.32. The molecule has 0 bridgehead atoms. The molecule has 1 aliphatic rings. The fourth-order valence-corrected chi connectivity index (χ4v) is 2.80. The van der Waals surface area contributed by atoms with E-state index in [0.717, 1.165) is 30.4 Å². The van der Waals surface area contributed by atoms with Crippen LogP contribution in [-0.2, 0) is 10.2 Å². The molecule has 1 aromatic carbocycles. The minimum Gasteiger partial charge on any atom is -0.355 e. The minimum absolute atomic E-state index is 0.0523. The highest BCUT2D eigenvalue weighted by Crippen LogP contribution is 2.24. The quantitative estimate of drug-likeness (QED) is 0.886. The van der Waals surface area contributed by atoms with E-state index in [1.54, 1.807) is 0 Å². The Morgan fingerprint density at radius 3 is 2.50 bits per heavy atom. The Hall–Kier alpha value is -0.870. The number of carbonyl (C=O) groups excluding carboxylic acids is 1. The summed E-state index contributed by atoms with van der Waals surface area (Å²) in [5.74, 6) is 0.383. The molecule has 20 heavy (non-hydrogen) atoms. The second-order valence-electron chi connectivity index (χ2n) is 6.13. The molecular weight excluding hydrogens is 316 g/mol. The Bertz CT molecular complexity index is 450. The van der Waals surface area contributed by atoms with E-state index in [4.69, 9.17) is 0 Å². The maximum absolute atomic E-state index is 12.2. The van der Waals surface area contributed by atoms with Crippen molar-refractivity contribution in [3.8, 4) is 0 Å². The molecule has 0 saturated carbocycles. The first-order valence-corrected chi connectivity index (χ1v) is 8.03. The molecule has 0 radical (unpaired) electrons. The number of rotatable bonds is 4. The van der Waals surface area contributed by atoms with Crippen LogP contribution >= 0.6 is 15.9 Å². The lowest BCUT2D eigenvalue weighted by molar-refractivity contribution is -0.125. The summed E-state index contributed by atoms with van der Waals surface area (Å²) >= 11 is 3.45. The van der Waals surface area contributed by atoms with Crippen LogP contribution in [0.4, 0.5) is 0 Å². The second kappa shape index (κ2) is 6.72. The Morgan fingerprint density at radius 1 is 1.30 bits per heavy atom. The van der Waals surface area contributed by atoms with Crippen molar-refractivity contribution in [3.63, 3.8) is 0 Å². The maximum atomic E-state index is 12.2. The van der Waals surface area contributed by atoms with E-state index in [9.17, 15) is 4.79 Å². The molecule has 2 N–H and O–H groups in total. The molecule has 3 nitrogen and oxygen atoms in total. The highest BCUT2D eigenvalue weighted by atomic mass is 79.9. The molecule has 0 aromatic heterocycles. The molecule has 1 fully saturated rings. The van der Waals surface area contributed by atoms with E-state index >= 15 is 0 Å². The van der Waals surface area contributed by atoms with Crippen molar-refractivity contribution in [3.05, 3.63) is 34.3 Å². The van der Waals surface area contributed by atoms with Crippen LogP contribution in [0, 0.1) is 5.92 Å². The first-order valence-electron chi connectivity index (χ1n) is 7.23. The Kier molecular flexibility index (Phi) is 5.22. The third-order valence-corrected chi connectivity index (χ3v) is 4.57. The summed E-state index contributed by atoms with van der Waals surface area (Å²) in [6.45, 7) is 6.91. The van der Waals surface area contributed by atoms with Crippen LogP contribution in [0.1, 0.15) is 32.3 Å². The monoisotopic (exact) mass is 338 g/mol. The third kappa shape index (κ3) is 4.06. The highest BCUT2D eigenvalue weighted by molar-refractivity contribution is 9.10. The van der Waals surface area contributed by atoms with E-state index in [1.165, 1.54) is 5.56 Å². The standard InChI is InChI=1S/C16H23BrN2O/c1-16(2,13-3-5-14(17)6-4-13)11-19-15(20)12-7-9-18-10-8-12/h3-6,12,18H,7-11H2,1-2H3,(H,19,20). The normalized spacial score (nSPS) is 16.9. The first kappa shape index (κ1) is 15.5. The van der Waals surface area contributed by atoms with Crippen LogP contribution < -0.4 is 10.6 Å². The number of amides is 1. The van der Waals surface area contributed by atoms with Crippen molar-refractivity contribution in [1.82, 2.24) is 10.6 Å². The molecule has 0 unspecified atom stereocenters. The van der Waals surface area contributed by atoms with Gasteiger partial charge in [0.2, 0.25) is 5.91 Å². The zero-order valence-electron chi connectivity index (χ0n) is 12.2. The van der Waals surface area contributed by atoms with Gasteiger partial charge in [0.25, 0.3) is 0 Å². The Balaban J connectivity index is 1.91. The molecule has 2 rings (SSSR count). The van der Waals surface area contributed by atoms with Gasteiger partial charge < -0.3 is 10.6 Å². The smallest absolute Gasteiger partial charge is 0.223 e. The van der Waals surface area contributed by atoms with Crippen molar-refractivity contribution < 1.29 is 4.79 Å². The van der Waals surface area contributed by atoms with Gasteiger partial charge in [-0.25, -0.2) is 0 Å². The summed E-state index contributed by atoms with van der Waals surface area (Å²) in [7, 11) is 0. The zero-order valence-corrected chi connectivity index (χ0v) is 13.8. The average molecular weight is 339 g/mol. The van der Waals surface area contributed by atoms with Crippen molar-refractivity contribution in [2.45, 2.75) is 32.1 Å². The Labute approximate surface area is 129 Å². The maximum Gasteiger partial charge on any atom is 0.223 e. The average Bonchev–Trinajstić information content (AvgIpc) is 2.46. The van der Waals surface area contributed by atoms with Crippen molar-refractivity contribution >= 4 is 21.8 Å². The van der Waals surface area contributed by atoms with Crippen molar-refractivity contribution in [1.29, 1.82) is 0 Å². The second-order valence-corrected chi connectivity index (χ2v) is 7.05. The molecule has 0 spiro atoms. The van der Waals surface area contributed by atoms with Crippen LogP contribution in [0.3, 0.4) is 0 Å². The van der Waals surface area contributed by atoms with Gasteiger partial charge in [-0.2, -0.15) is 0 Å². The number of piperidine rings is 1. The van der Waals surface area contributed by atoms with E-state index in [1.807, 2.05) is 12.1 Å². The van der Waals surface area contributed by atoms with Crippen molar-refractivity contribution in [2.24, 2.45) is 5.92 Å². The van der Waals surface area contributed by atoms with Gasteiger partial charge in [-0.3, -0.25) is 4.79 Å². The molecule has 0 aliphatic carbocycles. The molecule has 1 heterocycles. The minimum atomic E-state index is -0.0523. The number of carbonyl (C=O) groups is 1. The molecule has 1 aromatic rings. The van der Waals surface area contributed by atoms with Gasteiger partial charge >= 0.3 is 0 Å². The van der Waals surface area contributed by atoms with Crippen molar-refractivity contribution in [2.75, 3.05) is 19.6 Å². The lowest BCUT2D eigenvalue weighted by Gasteiger charge is -2.28. The summed E-state index contributed by atoms with van der Waals surface area (Å²) in [5.41, 5.74) is 1.19. The van der Waals surface area contributed by atoms with Gasteiger partial charge in [-0.05, 0) is 43.6 Å². The molecule has 110 valence electrons. The van der Waals surface area contributed by atoms with Crippen LogP contribution in [0.5, 0.6) is 0 Å². The van der Waals surface area contributed by atoms with E-state index in [0.29, 0.717) is 6.54 Å². The van der Waals surface area contributed by atoms with Crippen LogP contribution in [-0.4, -0.2) is 25.5 Å². The summed E-state index contributed by atoms with van der Waals surface area (Å²) in [6.07, 6.45) is 1.90. The van der Waals surface area contributed by atoms with Gasteiger partial charge in [0.05, 0.1) is 0 Å². The van der Waals surface area contributed by atoms with Gasteiger partial charge in [-0.1, -0.05) is 41.9 Å². The summed E-state index contributed by atoms with van der Waals surface area (Å²) in [4.78, 5) is 12.2. The summed E-state index contributed by atoms with van der Waals surface area (Å²) in [5, 5.41) is 6.42.